The first-order valence-electron chi connectivity index (χ1n) is 12.6. The number of amides is 1. The first kappa shape index (κ1) is 25.0. The lowest BCUT2D eigenvalue weighted by Crippen LogP contribution is -2.39. The average Bonchev–Trinajstić information content (AvgIpc) is 3.17. The molecule has 1 aliphatic rings. The molecule has 1 aliphatic carbocycles. The van der Waals surface area contributed by atoms with E-state index >= 15 is 0 Å². The van der Waals surface area contributed by atoms with Crippen LogP contribution in [0.25, 0.3) is 16.7 Å². The van der Waals surface area contributed by atoms with Crippen LogP contribution in [0.4, 0.5) is 5.82 Å². The van der Waals surface area contributed by atoms with Crippen molar-refractivity contribution in [2.75, 3.05) is 12.4 Å². The van der Waals surface area contributed by atoms with Gasteiger partial charge in [0.1, 0.15) is 5.82 Å². The number of nitrogens with one attached hydrogen (secondary N) is 2. The molecule has 0 aliphatic heterocycles. The largest absolute Gasteiger partial charge is 0.373 e. The van der Waals surface area contributed by atoms with Crippen molar-refractivity contribution in [3.63, 3.8) is 0 Å². The lowest BCUT2D eigenvalue weighted by molar-refractivity contribution is 0.0919. The number of para-hydroxylation sites is 2. The molecule has 0 radical (unpaired) electrons. The molecular weight excluding hydrogens is 488 g/mol. The Morgan fingerprint density at radius 2 is 1.78 bits per heavy atom. The molecule has 3 heterocycles. The number of hydrogen-bond acceptors (Lipinski definition) is 5. The topological polar surface area (TPSA) is 93.8 Å². The maximum atomic E-state index is 13.7. The van der Waals surface area contributed by atoms with Crippen LogP contribution < -0.4 is 16.3 Å². The van der Waals surface area contributed by atoms with E-state index in [1.807, 2.05) is 61.9 Å². The van der Waals surface area contributed by atoms with Crippen LogP contribution in [0.3, 0.4) is 0 Å². The number of aromatic nitrogens is 4. The number of rotatable bonds is 6. The molecule has 8 nitrogen and oxygen atoms in total. The summed E-state index contributed by atoms with van der Waals surface area (Å²) in [6.45, 7) is 4.37. The summed E-state index contributed by atoms with van der Waals surface area (Å²) in [5.41, 5.74) is 4.50. The zero-order valence-electron chi connectivity index (χ0n) is 21.3. The van der Waals surface area contributed by atoms with Gasteiger partial charge in [-0.1, -0.05) is 23.7 Å². The van der Waals surface area contributed by atoms with E-state index in [2.05, 4.69) is 20.6 Å². The van der Waals surface area contributed by atoms with E-state index < -0.39 is 0 Å². The summed E-state index contributed by atoms with van der Waals surface area (Å²) in [4.78, 5) is 35.3. The predicted molar refractivity (Wildman–Crippen MR) is 147 cm³/mol. The summed E-state index contributed by atoms with van der Waals surface area (Å²) in [6, 6.07) is 13.5. The number of nitrogens with zero attached hydrogens (tertiary/aromatic N) is 4. The molecule has 9 heteroatoms. The molecule has 1 amide bonds. The van der Waals surface area contributed by atoms with Crippen molar-refractivity contribution in [2.24, 2.45) is 5.92 Å². The molecule has 1 saturated carbocycles. The van der Waals surface area contributed by atoms with Gasteiger partial charge < -0.3 is 10.6 Å². The van der Waals surface area contributed by atoms with Crippen LogP contribution in [0.5, 0.6) is 0 Å². The molecule has 2 N–H and O–H groups in total. The molecule has 37 heavy (non-hydrogen) atoms. The lowest BCUT2D eigenvalue weighted by Gasteiger charge is -2.29. The van der Waals surface area contributed by atoms with Gasteiger partial charge in [-0.05, 0) is 75.8 Å². The summed E-state index contributed by atoms with van der Waals surface area (Å²) in [6.07, 6.45) is 5.14. The number of pyridine rings is 2. The van der Waals surface area contributed by atoms with E-state index in [1.165, 1.54) is 0 Å². The van der Waals surface area contributed by atoms with Crippen LogP contribution in [0.15, 0.2) is 53.5 Å². The van der Waals surface area contributed by atoms with Gasteiger partial charge >= 0.3 is 5.69 Å². The Morgan fingerprint density at radius 3 is 2.49 bits per heavy atom. The highest BCUT2D eigenvalue weighted by Crippen LogP contribution is 2.28. The third kappa shape index (κ3) is 4.98. The van der Waals surface area contributed by atoms with Gasteiger partial charge in [0.2, 0.25) is 0 Å². The number of benzene rings is 1. The second-order valence-corrected chi connectivity index (χ2v) is 10.2. The van der Waals surface area contributed by atoms with Gasteiger partial charge in [0.05, 0.1) is 38.7 Å². The summed E-state index contributed by atoms with van der Waals surface area (Å²) in [5, 5.41) is 6.65. The molecule has 0 unspecified atom stereocenters. The molecular formula is C28H31ClN6O2. The van der Waals surface area contributed by atoms with Crippen molar-refractivity contribution < 1.29 is 4.79 Å². The fourth-order valence-corrected chi connectivity index (χ4v) is 5.45. The maximum Gasteiger partial charge on any atom is 0.333 e. The monoisotopic (exact) mass is 518 g/mol. The quantitative estimate of drug-likeness (QED) is 0.379. The zero-order chi connectivity index (χ0) is 26.1. The molecule has 0 spiro atoms. The van der Waals surface area contributed by atoms with E-state index in [0.717, 1.165) is 53.9 Å². The average molecular weight is 519 g/mol. The van der Waals surface area contributed by atoms with Crippen LogP contribution in [-0.2, 0) is 6.54 Å². The van der Waals surface area contributed by atoms with Crippen molar-refractivity contribution in [2.45, 2.75) is 52.1 Å². The zero-order valence-corrected chi connectivity index (χ0v) is 22.0. The number of hydrogen-bond donors (Lipinski definition) is 2. The van der Waals surface area contributed by atoms with Crippen LogP contribution >= 0.6 is 11.6 Å². The van der Waals surface area contributed by atoms with E-state index in [4.69, 9.17) is 11.6 Å². The molecule has 192 valence electrons. The Labute approximate surface area is 220 Å². The molecule has 0 bridgehead atoms. The molecule has 4 aromatic rings. The van der Waals surface area contributed by atoms with Gasteiger partial charge in [-0.3, -0.25) is 18.9 Å². The van der Waals surface area contributed by atoms with Crippen molar-refractivity contribution in [1.82, 2.24) is 24.4 Å². The Hall–Kier alpha value is -3.65. The highest BCUT2D eigenvalue weighted by molar-refractivity contribution is 6.30. The van der Waals surface area contributed by atoms with Crippen molar-refractivity contribution >= 4 is 34.4 Å². The summed E-state index contributed by atoms with van der Waals surface area (Å²) < 4.78 is 3.66. The molecule has 1 fully saturated rings. The van der Waals surface area contributed by atoms with Gasteiger partial charge in [-0.15, -0.1) is 0 Å². The van der Waals surface area contributed by atoms with E-state index in [-0.39, 0.29) is 17.6 Å². The van der Waals surface area contributed by atoms with E-state index in [1.54, 1.807) is 16.8 Å². The second kappa shape index (κ2) is 10.4. The molecule has 5 rings (SSSR count). The van der Waals surface area contributed by atoms with E-state index in [0.29, 0.717) is 28.7 Å². The fraction of sp³-hybridized carbons (Fsp3) is 0.357. The minimum absolute atomic E-state index is 0.0531. The predicted octanol–water partition coefficient (Wildman–Crippen LogP) is 4.88. The Bertz CT molecular complexity index is 1520. The Balaban J connectivity index is 1.33. The highest BCUT2D eigenvalue weighted by atomic mass is 35.5. The standard InChI is InChI=1S/C28H31ClN6O2/c1-17-22(14-20(29)15-31-17)27(36)33-21-10-8-19(9-11-21)16-34-24-6-4-5-7-25(24)35(28(34)37)23-12-13-26(30-3)32-18(23)2/h4-7,12-15,19,21H,8-11,16H2,1-3H3,(H,30,32)(H,33,36)/t19-,21-. The first-order valence-corrected chi connectivity index (χ1v) is 13.0. The van der Waals surface area contributed by atoms with Crippen LogP contribution in [-0.4, -0.2) is 38.1 Å². The van der Waals surface area contributed by atoms with Crippen molar-refractivity contribution in [1.29, 1.82) is 0 Å². The van der Waals surface area contributed by atoms with Gasteiger partial charge in [0.15, 0.2) is 0 Å². The number of fused-ring (bicyclic) bond motifs is 1. The summed E-state index contributed by atoms with van der Waals surface area (Å²) in [5.74, 6) is 0.984. The second-order valence-electron chi connectivity index (χ2n) is 9.75. The fourth-order valence-electron chi connectivity index (χ4n) is 5.29. The van der Waals surface area contributed by atoms with Gasteiger partial charge in [-0.25, -0.2) is 9.78 Å². The molecule has 0 saturated heterocycles. The number of imidazole rings is 1. The highest BCUT2D eigenvalue weighted by Gasteiger charge is 2.26. The minimum Gasteiger partial charge on any atom is -0.373 e. The molecule has 0 atom stereocenters. The Morgan fingerprint density at radius 1 is 1.05 bits per heavy atom. The third-order valence-corrected chi connectivity index (χ3v) is 7.52. The Kier molecular flexibility index (Phi) is 7.02. The van der Waals surface area contributed by atoms with Gasteiger partial charge in [-0.2, -0.15) is 0 Å². The minimum atomic E-state index is -0.136. The van der Waals surface area contributed by atoms with Gasteiger partial charge in [0, 0.05) is 25.8 Å². The van der Waals surface area contributed by atoms with Crippen molar-refractivity contribution in [3.8, 4) is 5.69 Å². The van der Waals surface area contributed by atoms with Crippen molar-refractivity contribution in [3.05, 3.63) is 81.1 Å². The normalized spacial score (nSPS) is 17.6. The lowest BCUT2D eigenvalue weighted by atomic mass is 9.85. The number of aryl methyl sites for hydroxylation is 2. The summed E-state index contributed by atoms with van der Waals surface area (Å²) in [7, 11) is 1.83. The number of carbonyl (C=O) groups excluding carboxylic acids is 1. The number of anilines is 1. The SMILES string of the molecule is CNc1ccc(-n2c(=O)n(C[C@H]3CC[C@H](NC(=O)c4cc(Cl)cnc4C)CC3)c3ccccc32)c(C)n1. The van der Waals surface area contributed by atoms with Gasteiger partial charge in [0.25, 0.3) is 5.91 Å². The molecule has 1 aromatic carbocycles. The third-order valence-electron chi connectivity index (χ3n) is 7.31. The van der Waals surface area contributed by atoms with Crippen LogP contribution in [0.2, 0.25) is 5.02 Å². The first-order chi connectivity index (χ1) is 17.9. The van der Waals surface area contributed by atoms with Crippen LogP contribution in [0, 0.1) is 19.8 Å². The van der Waals surface area contributed by atoms with Crippen LogP contribution in [0.1, 0.15) is 47.4 Å². The summed E-state index contributed by atoms with van der Waals surface area (Å²) >= 11 is 6.04. The smallest absolute Gasteiger partial charge is 0.333 e. The maximum absolute atomic E-state index is 13.7. The number of carbonyl (C=O) groups is 1. The molecule has 3 aromatic heterocycles. The number of halogens is 1. The van der Waals surface area contributed by atoms with E-state index in [9.17, 15) is 9.59 Å².